The minimum atomic E-state index is -2.06. The number of esters is 6. The fraction of sp³-hybridized carbons (Fsp3) is 0.551. The van der Waals surface area contributed by atoms with E-state index in [0.29, 0.717) is 4.90 Å². The number of amides is 4. The van der Waals surface area contributed by atoms with Gasteiger partial charge in [-0.15, -0.1) is 0 Å². The normalized spacial score (nSPS) is 32.7. The molecule has 6 aliphatic heterocycles. The van der Waals surface area contributed by atoms with Gasteiger partial charge in [-0.25, -0.2) is 0 Å². The molecule has 26 heteroatoms. The zero-order valence-electron chi connectivity index (χ0n) is 41.6. The first-order valence-corrected chi connectivity index (χ1v) is 23.6. The van der Waals surface area contributed by atoms with Crippen molar-refractivity contribution in [3.63, 3.8) is 0 Å². The summed E-state index contributed by atoms with van der Waals surface area (Å²) in [4.78, 5) is 133. The molecule has 0 spiro atoms. The van der Waals surface area contributed by atoms with E-state index in [1.54, 1.807) is 0 Å². The van der Waals surface area contributed by atoms with Crippen LogP contribution >= 0.6 is 0 Å². The van der Waals surface area contributed by atoms with Crippen molar-refractivity contribution >= 4 is 59.4 Å². The van der Waals surface area contributed by atoms with Gasteiger partial charge in [-0.2, -0.15) is 0 Å². The average molecular weight is 1050 g/mol. The lowest BCUT2D eigenvalue weighted by Gasteiger charge is -2.49. The maximum absolute atomic E-state index is 14.2. The number of fused-ring (bicyclic) bond motifs is 3. The summed E-state index contributed by atoms with van der Waals surface area (Å²) < 4.78 is 77.4. The largest absolute Gasteiger partial charge is 0.463 e. The first-order valence-electron chi connectivity index (χ1n) is 23.6. The van der Waals surface area contributed by atoms with Gasteiger partial charge in [-0.1, -0.05) is 24.3 Å². The van der Waals surface area contributed by atoms with Crippen LogP contribution in [-0.4, -0.2) is 192 Å². The molecule has 4 fully saturated rings. The van der Waals surface area contributed by atoms with Crippen LogP contribution in [0.5, 0.6) is 0 Å². The number of carbonyl (C=O) groups excluding carboxylic acids is 10. The van der Waals surface area contributed by atoms with Gasteiger partial charge in [0.25, 0.3) is 23.6 Å². The van der Waals surface area contributed by atoms with Crippen molar-refractivity contribution in [3.8, 4) is 0 Å². The van der Waals surface area contributed by atoms with Gasteiger partial charge in [0, 0.05) is 41.5 Å². The van der Waals surface area contributed by atoms with Gasteiger partial charge >= 0.3 is 35.8 Å². The number of imide groups is 2. The summed E-state index contributed by atoms with van der Waals surface area (Å²) >= 11 is 0. The lowest BCUT2D eigenvalue weighted by Crippen LogP contribution is -2.69. The van der Waals surface area contributed by atoms with Crippen LogP contribution in [0, 0.1) is 0 Å². The molecule has 26 nitrogen and oxygen atoms in total. The monoisotopic (exact) mass is 1050 g/mol. The molecular formula is C49H54N2O24. The lowest BCUT2D eigenvalue weighted by molar-refractivity contribution is -0.348. The summed E-state index contributed by atoms with van der Waals surface area (Å²) in [6, 6.07) is 8.11. The summed E-state index contributed by atoms with van der Waals surface area (Å²) in [6.07, 6.45) is -21.3. The third kappa shape index (κ3) is 11.1. The number of nitrogens with zero attached hydrogens (tertiary/aromatic N) is 2. The molecule has 0 unspecified atom stereocenters. The number of carbonyl (C=O) groups is 10. The number of hydrogen-bond acceptors (Lipinski definition) is 24. The molecule has 6 aliphatic rings. The van der Waals surface area contributed by atoms with E-state index >= 15 is 0 Å². The van der Waals surface area contributed by atoms with E-state index in [9.17, 15) is 53.1 Å². The highest BCUT2D eigenvalue weighted by Crippen LogP contribution is 2.43. The number of aliphatic hydroxyl groups excluding tert-OH is 1. The van der Waals surface area contributed by atoms with Crippen molar-refractivity contribution in [1.82, 2.24) is 9.80 Å². The van der Waals surface area contributed by atoms with E-state index in [1.165, 1.54) is 62.4 Å². The van der Waals surface area contributed by atoms with Gasteiger partial charge in [0.2, 0.25) is 0 Å². The van der Waals surface area contributed by atoms with Crippen LogP contribution in [0.15, 0.2) is 48.5 Å². The maximum atomic E-state index is 14.2. The Balaban J connectivity index is 1.14. The van der Waals surface area contributed by atoms with Crippen molar-refractivity contribution in [2.24, 2.45) is 0 Å². The van der Waals surface area contributed by atoms with Crippen molar-refractivity contribution < 1.29 is 115 Å². The fourth-order valence-corrected chi connectivity index (χ4v) is 10.00. The second-order valence-corrected chi connectivity index (χ2v) is 18.6. The highest BCUT2D eigenvalue weighted by atomic mass is 16.8. The van der Waals surface area contributed by atoms with Crippen LogP contribution in [0.4, 0.5) is 0 Å². The molecule has 15 atom stereocenters. The molecule has 0 aliphatic carbocycles. The van der Waals surface area contributed by atoms with Crippen molar-refractivity contribution in [3.05, 3.63) is 70.8 Å². The van der Waals surface area contributed by atoms with Crippen LogP contribution in [-0.2, 0) is 90.3 Å². The van der Waals surface area contributed by atoms with Crippen molar-refractivity contribution in [1.29, 1.82) is 0 Å². The first kappa shape index (κ1) is 54.5. The Labute approximate surface area is 426 Å². The van der Waals surface area contributed by atoms with E-state index < -0.39 is 177 Å². The Bertz CT molecular complexity index is 2570. The van der Waals surface area contributed by atoms with E-state index in [-0.39, 0.29) is 22.3 Å². The Kier molecular flexibility index (Phi) is 15.9. The van der Waals surface area contributed by atoms with Gasteiger partial charge < -0.3 is 66.7 Å². The van der Waals surface area contributed by atoms with E-state index in [4.69, 9.17) is 61.6 Å². The predicted octanol–water partition coefficient (Wildman–Crippen LogP) is 0.258. The Hall–Kier alpha value is -6.78. The van der Waals surface area contributed by atoms with Crippen LogP contribution in [0.25, 0.3) is 0 Å². The summed E-state index contributed by atoms with van der Waals surface area (Å²) in [5.74, 6) is -10.3. The number of hydrogen-bond donors (Lipinski definition) is 1. The van der Waals surface area contributed by atoms with Crippen molar-refractivity contribution in [2.75, 3.05) is 19.8 Å². The summed E-state index contributed by atoms with van der Waals surface area (Å²) in [7, 11) is 0. The molecule has 2 aromatic carbocycles. The Morgan fingerprint density at radius 2 is 0.867 bits per heavy atom. The van der Waals surface area contributed by atoms with Crippen LogP contribution < -0.4 is 0 Å². The molecule has 0 saturated carbocycles. The lowest BCUT2D eigenvalue weighted by atomic mass is 9.94. The molecule has 4 saturated heterocycles. The predicted molar refractivity (Wildman–Crippen MR) is 240 cm³/mol. The second kappa shape index (κ2) is 21.8. The molecule has 2 aromatic rings. The number of benzene rings is 2. The second-order valence-electron chi connectivity index (χ2n) is 18.6. The molecule has 75 heavy (non-hydrogen) atoms. The van der Waals surface area contributed by atoms with Gasteiger partial charge in [-0.05, 0) is 38.1 Å². The van der Waals surface area contributed by atoms with Crippen LogP contribution in [0.2, 0.25) is 0 Å². The third-order valence-electron chi connectivity index (χ3n) is 12.8. The molecule has 0 bridgehead atoms. The molecule has 0 aromatic heterocycles. The average Bonchev–Trinajstić information content (AvgIpc) is 3.89. The Morgan fingerprint density at radius 1 is 0.493 bits per heavy atom. The van der Waals surface area contributed by atoms with E-state index in [0.717, 1.165) is 46.4 Å². The molecular weight excluding hydrogens is 1000 g/mol. The third-order valence-corrected chi connectivity index (χ3v) is 12.8. The van der Waals surface area contributed by atoms with Gasteiger partial charge in [0.05, 0.1) is 28.9 Å². The van der Waals surface area contributed by atoms with E-state index in [1.807, 2.05) is 0 Å². The highest BCUT2D eigenvalue weighted by Gasteiger charge is 2.63. The van der Waals surface area contributed by atoms with Crippen LogP contribution in [0.3, 0.4) is 0 Å². The van der Waals surface area contributed by atoms with Gasteiger partial charge in [0.1, 0.15) is 61.9 Å². The molecule has 8 rings (SSSR count). The molecule has 4 amide bonds. The number of aliphatic hydroxyl groups is 1. The first-order chi connectivity index (χ1) is 35.5. The maximum Gasteiger partial charge on any atom is 0.303 e. The van der Waals surface area contributed by atoms with Gasteiger partial charge in [0.15, 0.2) is 49.1 Å². The zero-order valence-corrected chi connectivity index (χ0v) is 41.6. The minimum absolute atomic E-state index is 0.0220. The number of ether oxygens (including phenoxy) is 13. The standard InChI is InChI=1S/C49H54N2O24/c1-20(52)63-17-30-35(66-22(3)54)38(68-24(5)56)33(50-42(58)26-13-9-10-14-27(26)43(50)59)47(71-30)65-19-32-37-40(75-49(7,8)74-37)41(46(62)70-32)73-48-34(51-44(60)28-15-11-12-16-29(28)45(51)61)39(69-25(6)57)36(67-23(4)55)31(72-48)18-64-21(2)53/h9-16,30-41,46-48,62H,17-19H2,1-8H3/t30-,31-,32-,33-,34-,35-,36-,37+,38-,39-,40+,41-,46-,47-,48+/m1/s1. The van der Waals surface area contributed by atoms with Crippen molar-refractivity contribution in [2.45, 2.75) is 153 Å². The summed E-state index contributed by atoms with van der Waals surface area (Å²) in [6.45, 7) is 7.43. The summed E-state index contributed by atoms with van der Waals surface area (Å²) in [5, 5.41) is 12.0. The van der Waals surface area contributed by atoms with Crippen LogP contribution in [0.1, 0.15) is 96.8 Å². The smallest absolute Gasteiger partial charge is 0.303 e. The van der Waals surface area contributed by atoms with E-state index in [2.05, 4.69) is 0 Å². The topological polar surface area (TPSA) is 317 Å². The highest BCUT2D eigenvalue weighted by molar-refractivity contribution is 6.22. The van der Waals surface area contributed by atoms with Gasteiger partial charge in [-0.3, -0.25) is 57.7 Å². The SMILES string of the molecule is CC(=O)OC[C@H]1O[C@@H](OC[C@H]2O[C@@H](O)[C@H](O[C@@H]3O[C@H](COC(C)=O)[C@@H](OC(C)=O)[C@H](OC(C)=O)[C@H]3N3C(=O)c4ccccc4C3=O)[C@H]3OC(C)(C)O[C@H]32)[C@H](N2C(=O)c3ccccc3C2=O)[C@@H](OC(C)=O)[C@@H]1OC(C)=O. The minimum Gasteiger partial charge on any atom is -0.463 e. The Morgan fingerprint density at radius 3 is 1.27 bits per heavy atom. The zero-order chi connectivity index (χ0) is 54.4. The quantitative estimate of drug-likeness (QED) is 0.142. The molecule has 404 valence electrons. The fourth-order valence-electron chi connectivity index (χ4n) is 10.00. The molecule has 6 heterocycles. The molecule has 0 radical (unpaired) electrons. The molecule has 1 N–H and O–H groups in total. The number of rotatable bonds is 15. The summed E-state index contributed by atoms with van der Waals surface area (Å²) in [5.41, 5.74) is -0.131.